The molecule has 2 aromatic carbocycles. The zero-order valence-electron chi connectivity index (χ0n) is 13.8. The normalized spacial score (nSPS) is 16.7. The molecule has 1 atom stereocenters. The van der Waals surface area contributed by atoms with Crippen LogP contribution in [0.3, 0.4) is 0 Å². The van der Waals surface area contributed by atoms with Crippen LogP contribution in [-0.2, 0) is 4.79 Å². The Bertz CT molecular complexity index is 667. The summed E-state index contributed by atoms with van der Waals surface area (Å²) in [6.07, 6.45) is 0. The van der Waals surface area contributed by atoms with E-state index in [1.54, 1.807) is 0 Å². The van der Waals surface area contributed by atoms with Gasteiger partial charge < -0.3 is 10.2 Å². The van der Waals surface area contributed by atoms with Crippen molar-refractivity contribution in [3.8, 4) is 0 Å². The summed E-state index contributed by atoms with van der Waals surface area (Å²) in [5.74, 6) is 0.0427. The van der Waals surface area contributed by atoms with Crippen LogP contribution in [0.25, 0.3) is 0 Å². The van der Waals surface area contributed by atoms with Crippen molar-refractivity contribution in [2.45, 2.75) is 13.0 Å². The Morgan fingerprint density at radius 2 is 1.62 bits per heavy atom. The molecule has 1 unspecified atom stereocenters. The summed E-state index contributed by atoms with van der Waals surface area (Å²) in [5, 5.41) is 3.73. The van der Waals surface area contributed by atoms with Gasteiger partial charge in [-0.05, 0) is 43.3 Å². The Kier molecular flexibility index (Phi) is 5.38. The van der Waals surface area contributed by atoms with Gasteiger partial charge in [0, 0.05) is 42.6 Å². The Morgan fingerprint density at radius 3 is 2.25 bits per heavy atom. The summed E-state index contributed by atoms with van der Waals surface area (Å²) in [7, 11) is 0. The highest BCUT2D eigenvalue weighted by Gasteiger charge is 2.25. The van der Waals surface area contributed by atoms with E-state index >= 15 is 0 Å². The molecule has 0 aromatic heterocycles. The predicted octanol–water partition coefficient (Wildman–Crippen LogP) is 3.49. The van der Waals surface area contributed by atoms with Crippen molar-refractivity contribution < 1.29 is 4.79 Å². The highest BCUT2D eigenvalue weighted by atomic mass is 35.5. The lowest BCUT2D eigenvalue weighted by Gasteiger charge is -2.38. The number of benzene rings is 2. The van der Waals surface area contributed by atoms with Crippen LogP contribution >= 0.6 is 11.6 Å². The number of anilines is 2. The number of para-hydroxylation sites is 1. The Balaban J connectivity index is 1.54. The van der Waals surface area contributed by atoms with E-state index in [0.717, 1.165) is 36.9 Å². The fourth-order valence-electron chi connectivity index (χ4n) is 2.95. The highest BCUT2D eigenvalue weighted by molar-refractivity contribution is 6.30. The lowest BCUT2D eigenvalue weighted by molar-refractivity contribution is -0.120. The molecule has 1 saturated heterocycles. The molecule has 1 heterocycles. The van der Waals surface area contributed by atoms with Crippen molar-refractivity contribution in [3.63, 3.8) is 0 Å². The first-order valence-electron chi connectivity index (χ1n) is 8.24. The third-order valence-electron chi connectivity index (χ3n) is 4.47. The lowest BCUT2D eigenvalue weighted by Crippen LogP contribution is -2.52. The molecular formula is C19H22ClN3O. The van der Waals surface area contributed by atoms with Gasteiger partial charge in [0.15, 0.2) is 0 Å². The fraction of sp³-hybridized carbons (Fsp3) is 0.316. The van der Waals surface area contributed by atoms with E-state index in [9.17, 15) is 4.79 Å². The maximum absolute atomic E-state index is 12.4. The van der Waals surface area contributed by atoms with Gasteiger partial charge in [-0.25, -0.2) is 0 Å². The van der Waals surface area contributed by atoms with Crippen molar-refractivity contribution >= 4 is 28.9 Å². The lowest BCUT2D eigenvalue weighted by atomic mass is 10.2. The smallest absolute Gasteiger partial charge is 0.241 e. The molecule has 0 aliphatic carbocycles. The molecule has 1 fully saturated rings. The van der Waals surface area contributed by atoms with Crippen LogP contribution < -0.4 is 10.2 Å². The minimum absolute atomic E-state index is 0.0427. The minimum atomic E-state index is -0.141. The Labute approximate surface area is 148 Å². The van der Waals surface area contributed by atoms with Crippen molar-refractivity contribution in [1.82, 2.24) is 4.90 Å². The molecule has 0 spiro atoms. The summed E-state index contributed by atoms with van der Waals surface area (Å²) in [4.78, 5) is 17.0. The van der Waals surface area contributed by atoms with Crippen LogP contribution in [0.1, 0.15) is 6.92 Å². The van der Waals surface area contributed by atoms with Crippen molar-refractivity contribution in [1.29, 1.82) is 0 Å². The van der Waals surface area contributed by atoms with Gasteiger partial charge in [-0.15, -0.1) is 0 Å². The zero-order chi connectivity index (χ0) is 16.9. The van der Waals surface area contributed by atoms with Gasteiger partial charge in [0.2, 0.25) is 5.91 Å². The van der Waals surface area contributed by atoms with Crippen LogP contribution in [0, 0.1) is 0 Å². The summed E-state index contributed by atoms with van der Waals surface area (Å²) < 4.78 is 0. The molecule has 0 radical (unpaired) electrons. The van der Waals surface area contributed by atoms with Crippen molar-refractivity contribution in [3.05, 3.63) is 59.6 Å². The molecule has 24 heavy (non-hydrogen) atoms. The number of hydrogen-bond donors (Lipinski definition) is 1. The van der Waals surface area contributed by atoms with Crippen LogP contribution in [-0.4, -0.2) is 43.0 Å². The van der Waals surface area contributed by atoms with E-state index in [1.165, 1.54) is 5.69 Å². The largest absolute Gasteiger partial charge is 0.369 e. The second kappa shape index (κ2) is 7.69. The summed E-state index contributed by atoms with van der Waals surface area (Å²) in [6.45, 7) is 5.52. The van der Waals surface area contributed by atoms with Gasteiger partial charge >= 0.3 is 0 Å². The summed E-state index contributed by atoms with van der Waals surface area (Å²) >= 11 is 5.95. The van der Waals surface area contributed by atoms with E-state index in [0.29, 0.717) is 0 Å². The van der Waals surface area contributed by atoms with E-state index in [-0.39, 0.29) is 11.9 Å². The Morgan fingerprint density at radius 1 is 1.00 bits per heavy atom. The molecule has 2 aromatic rings. The van der Waals surface area contributed by atoms with Crippen LogP contribution in [0.2, 0.25) is 5.02 Å². The molecule has 1 aliphatic rings. The number of nitrogens with zero attached hydrogens (tertiary/aromatic N) is 2. The van der Waals surface area contributed by atoms with Gasteiger partial charge in [-0.3, -0.25) is 9.69 Å². The summed E-state index contributed by atoms with van der Waals surface area (Å²) in [6, 6.07) is 17.4. The van der Waals surface area contributed by atoms with Crippen molar-refractivity contribution in [2.75, 3.05) is 36.4 Å². The second-order valence-corrected chi connectivity index (χ2v) is 6.47. The number of amides is 1. The molecule has 1 N–H and O–H groups in total. The average Bonchev–Trinajstić information content (AvgIpc) is 2.63. The van der Waals surface area contributed by atoms with E-state index in [4.69, 9.17) is 11.6 Å². The number of nitrogens with one attached hydrogen (secondary N) is 1. The number of rotatable bonds is 4. The Hall–Kier alpha value is -2.04. The molecule has 4 nitrogen and oxygen atoms in total. The molecule has 3 rings (SSSR count). The molecule has 1 amide bonds. The SMILES string of the molecule is CC(C(=O)Nc1ccccc1)N1CCN(c2ccc(Cl)cc2)CC1. The molecule has 126 valence electrons. The fourth-order valence-corrected chi connectivity index (χ4v) is 3.08. The average molecular weight is 344 g/mol. The zero-order valence-corrected chi connectivity index (χ0v) is 14.5. The minimum Gasteiger partial charge on any atom is -0.369 e. The third-order valence-corrected chi connectivity index (χ3v) is 4.73. The maximum Gasteiger partial charge on any atom is 0.241 e. The molecule has 1 aliphatic heterocycles. The molecule has 0 bridgehead atoms. The van der Waals surface area contributed by atoms with Gasteiger partial charge in [0.1, 0.15) is 0 Å². The van der Waals surface area contributed by atoms with E-state index in [1.807, 2.05) is 61.5 Å². The standard InChI is InChI=1S/C19H22ClN3O/c1-15(19(24)21-17-5-3-2-4-6-17)22-11-13-23(14-12-22)18-9-7-16(20)8-10-18/h2-10,15H,11-14H2,1H3,(H,21,24). The van der Waals surface area contributed by atoms with Crippen LogP contribution in [0.15, 0.2) is 54.6 Å². The van der Waals surface area contributed by atoms with Crippen LogP contribution in [0.5, 0.6) is 0 Å². The first kappa shape index (κ1) is 16.8. The third kappa shape index (κ3) is 4.08. The van der Waals surface area contributed by atoms with Gasteiger partial charge in [0.05, 0.1) is 6.04 Å². The summed E-state index contributed by atoms with van der Waals surface area (Å²) in [5.41, 5.74) is 2.02. The maximum atomic E-state index is 12.4. The number of hydrogen-bond acceptors (Lipinski definition) is 3. The molecule has 5 heteroatoms. The van der Waals surface area contributed by atoms with Crippen LogP contribution in [0.4, 0.5) is 11.4 Å². The van der Waals surface area contributed by atoms with E-state index in [2.05, 4.69) is 15.1 Å². The van der Waals surface area contributed by atoms with Crippen molar-refractivity contribution in [2.24, 2.45) is 0 Å². The number of halogens is 1. The first-order valence-corrected chi connectivity index (χ1v) is 8.62. The molecular weight excluding hydrogens is 322 g/mol. The second-order valence-electron chi connectivity index (χ2n) is 6.03. The number of carbonyl (C=O) groups excluding carboxylic acids is 1. The van der Waals surface area contributed by atoms with E-state index < -0.39 is 0 Å². The number of piperazine rings is 1. The topological polar surface area (TPSA) is 35.6 Å². The predicted molar refractivity (Wildman–Crippen MR) is 99.8 cm³/mol. The van der Waals surface area contributed by atoms with Gasteiger partial charge in [0.25, 0.3) is 0 Å². The van der Waals surface area contributed by atoms with Gasteiger partial charge in [-0.2, -0.15) is 0 Å². The quantitative estimate of drug-likeness (QED) is 0.923. The monoisotopic (exact) mass is 343 g/mol. The first-order chi connectivity index (χ1) is 11.6. The van der Waals surface area contributed by atoms with Gasteiger partial charge in [-0.1, -0.05) is 29.8 Å². The molecule has 0 saturated carbocycles. The highest BCUT2D eigenvalue weighted by Crippen LogP contribution is 2.20. The number of carbonyl (C=O) groups is 1.